The quantitative estimate of drug-likeness (QED) is 0.331. The highest BCUT2D eigenvalue weighted by Gasteiger charge is 2.20. The van der Waals surface area contributed by atoms with Crippen LogP contribution in [-0.4, -0.2) is 61.7 Å². The zero-order valence-corrected chi connectivity index (χ0v) is 18.6. The van der Waals surface area contributed by atoms with Gasteiger partial charge in [0.25, 0.3) is 5.91 Å². The molecule has 2 N–H and O–H groups in total. The average molecular weight is 449 g/mol. The maximum atomic E-state index is 12.6. The number of anilines is 1. The fourth-order valence-corrected chi connectivity index (χ4v) is 4.27. The number of nitrogens with zero attached hydrogens (tertiary/aromatic N) is 6. The van der Waals surface area contributed by atoms with E-state index in [1.54, 1.807) is 6.07 Å². The van der Waals surface area contributed by atoms with Gasteiger partial charge in [-0.15, -0.1) is 0 Å². The molecule has 0 aliphatic carbocycles. The van der Waals surface area contributed by atoms with Gasteiger partial charge in [0.1, 0.15) is 11.5 Å². The second-order valence-electron chi connectivity index (χ2n) is 7.62. The number of thioether (sulfide) groups is 1. The van der Waals surface area contributed by atoms with Crippen molar-refractivity contribution in [3.63, 3.8) is 0 Å². The number of nitrogens with one attached hydrogen (secondary N) is 2. The van der Waals surface area contributed by atoms with Crippen LogP contribution in [0.1, 0.15) is 23.3 Å². The number of benzene rings is 1. The molecule has 0 atom stereocenters. The van der Waals surface area contributed by atoms with E-state index in [4.69, 9.17) is 4.98 Å². The molecule has 0 unspecified atom stereocenters. The lowest BCUT2D eigenvalue weighted by molar-refractivity contribution is 0.0947. The molecular formula is C22H24N8OS. The highest BCUT2D eigenvalue weighted by Crippen LogP contribution is 2.28. The summed E-state index contributed by atoms with van der Waals surface area (Å²) in [5.41, 5.74) is 2.93. The van der Waals surface area contributed by atoms with E-state index in [9.17, 15) is 4.79 Å². The van der Waals surface area contributed by atoms with Crippen molar-refractivity contribution in [1.29, 1.82) is 0 Å². The molecule has 164 valence electrons. The van der Waals surface area contributed by atoms with E-state index < -0.39 is 0 Å². The normalized spacial score (nSPS) is 13.7. The molecule has 10 heteroatoms. The Balaban J connectivity index is 1.28. The minimum Gasteiger partial charge on any atom is -0.356 e. The first-order chi connectivity index (χ1) is 15.7. The molecule has 3 aromatic heterocycles. The molecule has 9 nitrogen and oxygen atoms in total. The van der Waals surface area contributed by atoms with Crippen LogP contribution in [0, 0.1) is 0 Å². The maximum absolute atomic E-state index is 12.6. The largest absolute Gasteiger partial charge is 0.356 e. The summed E-state index contributed by atoms with van der Waals surface area (Å²) in [6, 6.07) is 11.5. The van der Waals surface area contributed by atoms with Crippen molar-refractivity contribution in [2.45, 2.75) is 24.5 Å². The first-order valence-electron chi connectivity index (χ1n) is 10.6. The van der Waals surface area contributed by atoms with E-state index in [1.807, 2.05) is 47.5 Å². The summed E-state index contributed by atoms with van der Waals surface area (Å²) >= 11 is 1.52. The Bertz CT molecular complexity index is 1230. The molecule has 1 aromatic carbocycles. The van der Waals surface area contributed by atoms with E-state index >= 15 is 0 Å². The van der Waals surface area contributed by atoms with Crippen molar-refractivity contribution >= 4 is 34.5 Å². The van der Waals surface area contributed by atoms with E-state index in [0.29, 0.717) is 18.8 Å². The molecule has 0 saturated carbocycles. The van der Waals surface area contributed by atoms with Crippen molar-refractivity contribution < 1.29 is 4.79 Å². The minimum atomic E-state index is -0.201. The number of rotatable bonds is 7. The molecule has 0 bridgehead atoms. The van der Waals surface area contributed by atoms with E-state index in [2.05, 4.69) is 30.5 Å². The SMILES string of the molecule is CSc1nc(N2CCCC2)c2cnn(CCNC(=O)c3cc(-c4ccccc4)n[nH]3)c2n1. The first kappa shape index (κ1) is 20.5. The number of H-pyrrole nitrogens is 1. The standard InChI is InChI=1S/C22H24N8OS/c1-32-22-25-19(29-10-5-6-11-29)16-14-24-30(20(16)26-22)12-9-23-21(31)18-13-17(27-28-18)15-7-3-2-4-8-15/h2-4,7-8,13-14H,5-6,9-12H2,1H3,(H,23,31)(H,27,28). The minimum absolute atomic E-state index is 0.201. The first-order valence-corrected chi connectivity index (χ1v) is 11.9. The van der Waals surface area contributed by atoms with Crippen LogP contribution in [0.3, 0.4) is 0 Å². The Morgan fingerprint density at radius 3 is 2.78 bits per heavy atom. The van der Waals surface area contributed by atoms with Crippen LogP contribution in [0.4, 0.5) is 5.82 Å². The van der Waals surface area contributed by atoms with Crippen LogP contribution in [0.5, 0.6) is 0 Å². The van der Waals surface area contributed by atoms with Crippen molar-refractivity contribution in [2.75, 3.05) is 30.8 Å². The average Bonchev–Trinajstić information content (AvgIpc) is 3.60. The molecule has 0 radical (unpaired) electrons. The van der Waals surface area contributed by atoms with Crippen LogP contribution >= 0.6 is 11.8 Å². The summed E-state index contributed by atoms with van der Waals surface area (Å²) in [4.78, 5) is 24.3. The number of hydrogen-bond donors (Lipinski definition) is 2. The third kappa shape index (κ3) is 4.05. The Morgan fingerprint density at radius 2 is 2.00 bits per heavy atom. The van der Waals surface area contributed by atoms with Gasteiger partial charge in [0.15, 0.2) is 10.8 Å². The molecule has 1 aliphatic heterocycles. The van der Waals surface area contributed by atoms with Gasteiger partial charge in [-0.3, -0.25) is 9.89 Å². The number of fused-ring (bicyclic) bond motifs is 1. The van der Waals surface area contributed by atoms with Gasteiger partial charge in [-0.1, -0.05) is 42.1 Å². The van der Waals surface area contributed by atoms with Crippen LogP contribution in [0.25, 0.3) is 22.3 Å². The van der Waals surface area contributed by atoms with Gasteiger partial charge >= 0.3 is 0 Å². The Morgan fingerprint density at radius 1 is 1.19 bits per heavy atom. The number of hydrogen-bond acceptors (Lipinski definition) is 7. The van der Waals surface area contributed by atoms with Gasteiger partial charge in [-0.05, 0) is 25.2 Å². The van der Waals surface area contributed by atoms with E-state index in [-0.39, 0.29) is 5.91 Å². The molecule has 0 spiro atoms. The van der Waals surface area contributed by atoms with Gasteiger partial charge in [0.05, 0.1) is 23.8 Å². The Hall–Kier alpha value is -3.40. The summed E-state index contributed by atoms with van der Waals surface area (Å²) in [5, 5.41) is 16.2. The maximum Gasteiger partial charge on any atom is 0.269 e. The predicted octanol–water partition coefficient (Wildman–Crippen LogP) is 2.97. The number of carbonyl (C=O) groups excluding carboxylic acids is 1. The lowest BCUT2D eigenvalue weighted by atomic mass is 10.1. The third-order valence-corrected chi connectivity index (χ3v) is 6.09. The molecule has 1 amide bonds. The molecular weight excluding hydrogens is 424 g/mol. The highest BCUT2D eigenvalue weighted by molar-refractivity contribution is 7.98. The highest BCUT2D eigenvalue weighted by atomic mass is 32.2. The number of amides is 1. The second kappa shape index (κ2) is 8.99. The molecule has 5 rings (SSSR count). The molecule has 1 fully saturated rings. The van der Waals surface area contributed by atoms with Gasteiger partial charge in [-0.2, -0.15) is 10.2 Å². The van der Waals surface area contributed by atoms with Crippen LogP contribution in [0.15, 0.2) is 47.8 Å². The monoisotopic (exact) mass is 448 g/mol. The van der Waals surface area contributed by atoms with Gasteiger partial charge < -0.3 is 10.2 Å². The van der Waals surface area contributed by atoms with Crippen LogP contribution in [-0.2, 0) is 6.54 Å². The van der Waals surface area contributed by atoms with Gasteiger partial charge in [-0.25, -0.2) is 14.6 Å². The molecule has 32 heavy (non-hydrogen) atoms. The molecule has 4 heterocycles. The lowest BCUT2D eigenvalue weighted by Crippen LogP contribution is -2.28. The zero-order valence-electron chi connectivity index (χ0n) is 17.8. The fraction of sp³-hybridized carbons (Fsp3) is 0.318. The number of aromatic amines is 1. The third-order valence-electron chi connectivity index (χ3n) is 5.54. The van der Waals surface area contributed by atoms with Crippen LogP contribution in [0.2, 0.25) is 0 Å². The van der Waals surface area contributed by atoms with Crippen molar-refractivity contribution in [3.05, 3.63) is 48.3 Å². The Kier molecular flexibility index (Phi) is 5.76. The van der Waals surface area contributed by atoms with Crippen molar-refractivity contribution in [2.24, 2.45) is 0 Å². The smallest absolute Gasteiger partial charge is 0.269 e. The number of carbonyl (C=O) groups is 1. The van der Waals surface area contributed by atoms with Crippen molar-refractivity contribution in [3.8, 4) is 11.3 Å². The summed E-state index contributed by atoms with van der Waals surface area (Å²) in [6.07, 6.45) is 6.17. The summed E-state index contributed by atoms with van der Waals surface area (Å²) in [5.74, 6) is 0.756. The topological polar surface area (TPSA) is 105 Å². The number of aromatic nitrogens is 6. The summed E-state index contributed by atoms with van der Waals surface area (Å²) in [7, 11) is 0. The second-order valence-corrected chi connectivity index (χ2v) is 8.40. The fourth-order valence-electron chi connectivity index (χ4n) is 3.91. The van der Waals surface area contributed by atoms with Crippen molar-refractivity contribution in [1.82, 2.24) is 35.3 Å². The van der Waals surface area contributed by atoms with E-state index in [0.717, 1.165) is 46.4 Å². The molecule has 4 aromatic rings. The van der Waals surface area contributed by atoms with Gasteiger partial charge in [0, 0.05) is 25.2 Å². The van der Waals surface area contributed by atoms with Gasteiger partial charge in [0.2, 0.25) is 0 Å². The Labute approximate surface area is 189 Å². The zero-order chi connectivity index (χ0) is 21.9. The lowest BCUT2D eigenvalue weighted by Gasteiger charge is -2.17. The van der Waals surface area contributed by atoms with E-state index in [1.165, 1.54) is 24.6 Å². The summed E-state index contributed by atoms with van der Waals surface area (Å²) in [6.45, 7) is 2.96. The molecule has 1 saturated heterocycles. The predicted molar refractivity (Wildman–Crippen MR) is 125 cm³/mol. The summed E-state index contributed by atoms with van der Waals surface area (Å²) < 4.78 is 1.83. The van der Waals surface area contributed by atoms with Crippen LogP contribution < -0.4 is 10.2 Å². The molecule has 1 aliphatic rings.